The van der Waals surface area contributed by atoms with Crippen molar-refractivity contribution in [2.24, 2.45) is 0 Å². The lowest BCUT2D eigenvalue weighted by molar-refractivity contribution is 0.533. The summed E-state index contributed by atoms with van der Waals surface area (Å²) in [5.74, 6) is -0.156. The molecule has 0 aliphatic heterocycles. The highest BCUT2D eigenvalue weighted by molar-refractivity contribution is 6.30. The van der Waals surface area contributed by atoms with E-state index in [1.54, 1.807) is 12.1 Å². The van der Waals surface area contributed by atoms with Crippen LogP contribution >= 0.6 is 11.6 Å². The van der Waals surface area contributed by atoms with Gasteiger partial charge >= 0.3 is 0 Å². The van der Waals surface area contributed by atoms with Gasteiger partial charge in [-0.15, -0.1) is 0 Å². The van der Waals surface area contributed by atoms with Crippen LogP contribution in [0, 0.1) is 5.82 Å². The maximum absolute atomic E-state index is 13.3. The molecule has 84 valence electrons. The molecule has 3 heteroatoms. The van der Waals surface area contributed by atoms with Crippen LogP contribution in [0.1, 0.15) is 25.3 Å². The lowest BCUT2D eigenvalue weighted by Crippen LogP contribution is -2.20. The van der Waals surface area contributed by atoms with Crippen molar-refractivity contribution in [1.29, 1.82) is 0 Å². The third kappa shape index (κ3) is 4.18. The van der Waals surface area contributed by atoms with E-state index in [9.17, 15) is 4.39 Å². The van der Waals surface area contributed by atoms with Crippen molar-refractivity contribution in [3.8, 4) is 0 Å². The van der Waals surface area contributed by atoms with Crippen molar-refractivity contribution in [2.75, 3.05) is 7.05 Å². The molecule has 0 heterocycles. The van der Waals surface area contributed by atoms with E-state index in [1.807, 2.05) is 7.05 Å². The summed E-state index contributed by atoms with van der Waals surface area (Å²) in [6.45, 7) is 2.12. The first-order valence-corrected chi connectivity index (χ1v) is 5.62. The van der Waals surface area contributed by atoms with Crippen LogP contribution in [0.25, 0.3) is 0 Å². The molecule has 0 amide bonds. The molecule has 0 aromatic heterocycles. The predicted octanol–water partition coefficient (Wildman–Crippen LogP) is 3.41. The van der Waals surface area contributed by atoms with Gasteiger partial charge in [0.25, 0.3) is 0 Å². The van der Waals surface area contributed by atoms with Crippen LogP contribution in [0.15, 0.2) is 18.2 Å². The van der Waals surface area contributed by atoms with Gasteiger partial charge in [-0.05, 0) is 57.0 Å². The highest BCUT2D eigenvalue weighted by Gasteiger charge is 2.04. The standard InChI is InChI=1S/C12H17ClFN/c1-9(15-2)4-3-5-10-8-11(13)6-7-12(10)14/h6-9,15H,3-5H2,1-2H3. The van der Waals surface area contributed by atoms with Crippen LogP contribution in [0.2, 0.25) is 5.02 Å². The molecule has 1 unspecified atom stereocenters. The molecule has 0 aliphatic carbocycles. The van der Waals surface area contributed by atoms with Gasteiger partial charge in [0, 0.05) is 11.1 Å². The first-order chi connectivity index (χ1) is 7.13. The Morgan fingerprint density at radius 3 is 2.87 bits per heavy atom. The van der Waals surface area contributed by atoms with Crippen LogP contribution in [0.5, 0.6) is 0 Å². The van der Waals surface area contributed by atoms with E-state index >= 15 is 0 Å². The summed E-state index contributed by atoms with van der Waals surface area (Å²) in [6, 6.07) is 5.20. The number of nitrogens with one attached hydrogen (secondary N) is 1. The van der Waals surface area contributed by atoms with Crippen molar-refractivity contribution in [1.82, 2.24) is 5.32 Å². The molecule has 0 saturated carbocycles. The molecule has 15 heavy (non-hydrogen) atoms. The minimum absolute atomic E-state index is 0.156. The van der Waals surface area contributed by atoms with E-state index in [0.29, 0.717) is 16.6 Å². The summed E-state index contributed by atoms with van der Waals surface area (Å²) >= 11 is 5.81. The molecule has 1 aromatic rings. The van der Waals surface area contributed by atoms with Crippen LogP contribution in [-0.2, 0) is 6.42 Å². The highest BCUT2D eigenvalue weighted by atomic mass is 35.5. The first kappa shape index (κ1) is 12.5. The largest absolute Gasteiger partial charge is 0.317 e. The van der Waals surface area contributed by atoms with E-state index < -0.39 is 0 Å². The van der Waals surface area contributed by atoms with Crippen LogP contribution in [0.4, 0.5) is 4.39 Å². The van der Waals surface area contributed by atoms with E-state index in [0.717, 1.165) is 19.3 Å². The molecule has 0 spiro atoms. The maximum Gasteiger partial charge on any atom is 0.126 e. The summed E-state index contributed by atoms with van der Waals surface area (Å²) in [4.78, 5) is 0. The lowest BCUT2D eigenvalue weighted by atomic mass is 10.1. The Labute approximate surface area is 95.6 Å². The van der Waals surface area contributed by atoms with Gasteiger partial charge in [-0.3, -0.25) is 0 Å². The van der Waals surface area contributed by atoms with Gasteiger partial charge < -0.3 is 5.32 Å². The number of aryl methyl sites for hydroxylation is 1. The molecular formula is C12H17ClFN. The molecule has 1 aromatic carbocycles. The monoisotopic (exact) mass is 229 g/mol. The van der Waals surface area contributed by atoms with Gasteiger partial charge in [-0.1, -0.05) is 11.6 Å². The predicted molar refractivity (Wildman–Crippen MR) is 62.9 cm³/mol. The minimum atomic E-state index is -0.156. The average molecular weight is 230 g/mol. The fourth-order valence-corrected chi connectivity index (χ4v) is 1.67. The van der Waals surface area contributed by atoms with Gasteiger partial charge in [-0.2, -0.15) is 0 Å². The Kier molecular flexibility index (Phi) is 5.06. The zero-order valence-corrected chi connectivity index (χ0v) is 9.94. The number of rotatable bonds is 5. The summed E-state index contributed by atoms with van der Waals surface area (Å²) < 4.78 is 13.3. The van der Waals surface area contributed by atoms with E-state index in [2.05, 4.69) is 12.2 Å². The number of benzene rings is 1. The first-order valence-electron chi connectivity index (χ1n) is 5.24. The zero-order valence-electron chi connectivity index (χ0n) is 9.19. The molecule has 1 rings (SSSR count). The topological polar surface area (TPSA) is 12.0 Å². The molecule has 1 nitrogen and oxygen atoms in total. The molecule has 0 bridgehead atoms. The van der Waals surface area contributed by atoms with Crippen molar-refractivity contribution in [3.63, 3.8) is 0 Å². The van der Waals surface area contributed by atoms with Crippen LogP contribution in [-0.4, -0.2) is 13.1 Å². The number of hydrogen-bond acceptors (Lipinski definition) is 1. The summed E-state index contributed by atoms with van der Waals surface area (Å²) in [5.41, 5.74) is 0.714. The summed E-state index contributed by atoms with van der Waals surface area (Å²) in [5, 5.41) is 3.76. The van der Waals surface area contributed by atoms with Gasteiger partial charge in [-0.25, -0.2) is 4.39 Å². The smallest absolute Gasteiger partial charge is 0.126 e. The van der Waals surface area contributed by atoms with Crippen LogP contribution in [0.3, 0.4) is 0 Å². The van der Waals surface area contributed by atoms with Gasteiger partial charge in [0.2, 0.25) is 0 Å². The van der Waals surface area contributed by atoms with Crippen molar-refractivity contribution in [3.05, 3.63) is 34.6 Å². The second-order valence-corrected chi connectivity index (χ2v) is 4.25. The Morgan fingerprint density at radius 2 is 2.20 bits per heavy atom. The molecule has 0 aliphatic rings. The Balaban J connectivity index is 2.46. The Bertz CT molecular complexity index is 314. The quantitative estimate of drug-likeness (QED) is 0.816. The Morgan fingerprint density at radius 1 is 1.47 bits per heavy atom. The highest BCUT2D eigenvalue weighted by Crippen LogP contribution is 2.17. The van der Waals surface area contributed by atoms with Crippen molar-refractivity contribution in [2.45, 2.75) is 32.2 Å². The fourth-order valence-electron chi connectivity index (χ4n) is 1.48. The molecular weight excluding hydrogens is 213 g/mol. The van der Waals surface area contributed by atoms with Crippen molar-refractivity contribution >= 4 is 11.6 Å². The fraction of sp³-hybridized carbons (Fsp3) is 0.500. The lowest BCUT2D eigenvalue weighted by Gasteiger charge is -2.09. The minimum Gasteiger partial charge on any atom is -0.317 e. The molecule has 0 fully saturated rings. The number of hydrogen-bond donors (Lipinski definition) is 1. The number of halogens is 2. The van der Waals surface area contributed by atoms with E-state index in [-0.39, 0.29) is 5.82 Å². The normalized spacial score (nSPS) is 12.8. The molecule has 0 radical (unpaired) electrons. The van der Waals surface area contributed by atoms with Crippen LogP contribution < -0.4 is 5.32 Å². The van der Waals surface area contributed by atoms with Gasteiger partial charge in [0.1, 0.15) is 5.82 Å². The second kappa shape index (κ2) is 6.09. The van der Waals surface area contributed by atoms with Gasteiger partial charge in [0.15, 0.2) is 0 Å². The molecule has 1 atom stereocenters. The average Bonchev–Trinajstić information content (AvgIpc) is 2.23. The van der Waals surface area contributed by atoms with E-state index in [1.165, 1.54) is 6.07 Å². The third-order valence-electron chi connectivity index (χ3n) is 2.58. The zero-order chi connectivity index (χ0) is 11.3. The second-order valence-electron chi connectivity index (χ2n) is 3.82. The Hall–Kier alpha value is -0.600. The van der Waals surface area contributed by atoms with Gasteiger partial charge in [0.05, 0.1) is 0 Å². The summed E-state index contributed by atoms with van der Waals surface area (Å²) in [6.07, 6.45) is 2.76. The SMILES string of the molecule is CNC(C)CCCc1cc(Cl)ccc1F. The molecule has 1 N–H and O–H groups in total. The molecule has 0 saturated heterocycles. The summed E-state index contributed by atoms with van der Waals surface area (Å²) in [7, 11) is 1.94. The third-order valence-corrected chi connectivity index (χ3v) is 2.82. The van der Waals surface area contributed by atoms with E-state index in [4.69, 9.17) is 11.6 Å². The van der Waals surface area contributed by atoms with Crippen molar-refractivity contribution < 1.29 is 4.39 Å². The maximum atomic E-state index is 13.3.